The average Bonchev–Trinajstić information content (AvgIpc) is 3.01. The summed E-state index contributed by atoms with van der Waals surface area (Å²) in [5.41, 5.74) is 17.7. The lowest BCUT2D eigenvalue weighted by atomic mass is 9.75. The van der Waals surface area contributed by atoms with Crippen LogP contribution in [0.5, 0.6) is 0 Å². The molecule has 0 spiro atoms. The van der Waals surface area contributed by atoms with Gasteiger partial charge in [-0.2, -0.15) is 0 Å². The number of halogens is 1. The first-order chi connectivity index (χ1) is 13.6. The van der Waals surface area contributed by atoms with Crippen LogP contribution in [0.15, 0.2) is 29.8 Å². The fourth-order valence-electron chi connectivity index (χ4n) is 4.93. The summed E-state index contributed by atoms with van der Waals surface area (Å²) < 4.78 is 15.4. The molecule has 1 atom stereocenters. The van der Waals surface area contributed by atoms with Crippen LogP contribution in [0.2, 0.25) is 0 Å². The number of anilines is 1. The van der Waals surface area contributed by atoms with E-state index in [1.807, 2.05) is 32.9 Å². The van der Waals surface area contributed by atoms with Crippen LogP contribution in [-0.4, -0.2) is 16.6 Å². The van der Waals surface area contributed by atoms with Crippen LogP contribution in [0.25, 0.3) is 16.7 Å². The van der Waals surface area contributed by atoms with Crippen molar-refractivity contribution in [3.05, 3.63) is 57.9 Å². The second kappa shape index (κ2) is 6.70. The molecule has 29 heavy (non-hydrogen) atoms. The van der Waals surface area contributed by atoms with Gasteiger partial charge in [0.05, 0.1) is 5.60 Å². The number of nitrogens with two attached hydrogens (primary N) is 2. The van der Waals surface area contributed by atoms with E-state index in [-0.39, 0.29) is 11.5 Å². The second-order valence-corrected chi connectivity index (χ2v) is 8.87. The zero-order valence-corrected chi connectivity index (χ0v) is 17.1. The van der Waals surface area contributed by atoms with Crippen molar-refractivity contribution < 1.29 is 14.3 Å². The minimum absolute atomic E-state index is 0.134. The van der Waals surface area contributed by atoms with Gasteiger partial charge < -0.3 is 16.6 Å². The van der Waals surface area contributed by atoms with E-state index in [1.54, 1.807) is 6.07 Å². The fourth-order valence-corrected chi connectivity index (χ4v) is 4.93. The highest BCUT2D eigenvalue weighted by Crippen LogP contribution is 2.51. The number of aliphatic hydroxyl groups is 1. The van der Waals surface area contributed by atoms with Crippen LogP contribution >= 0.6 is 0 Å². The molecule has 0 heterocycles. The molecule has 4 nitrogen and oxygen atoms in total. The van der Waals surface area contributed by atoms with Gasteiger partial charge in [-0.05, 0) is 92.3 Å². The zero-order valence-electron chi connectivity index (χ0n) is 17.1. The number of rotatable bonds is 3. The molecule has 2 aromatic carbocycles. The van der Waals surface area contributed by atoms with Gasteiger partial charge in [-0.1, -0.05) is 17.7 Å². The highest BCUT2D eigenvalue weighted by Gasteiger charge is 2.38. The predicted octanol–water partition coefficient (Wildman–Crippen LogP) is 4.36. The highest BCUT2D eigenvalue weighted by atomic mass is 19.1. The maximum atomic E-state index is 15.4. The van der Waals surface area contributed by atoms with E-state index < -0.39 is 17.3 Å². The summed E-state index contributed by atoms with van der Waals surface area (Å²) in [6.07, 6.45) is 2.87. The number of hydrogen-bond acceptors (Lipinski definition) is 3. The Labute approximate surface area is 170 Å². The Morgan fingerprint density at radius 3 is 2.66 bits per heavy atom. The van der Waals surface area contributed by atoms with E-state index in [4.69, 9.17) is 11.5 Å². The number of primary amides is 1. The first-order valence-electron chi connectivity index (χ1n) is 10.0. The van der Waals surface area contributed by atoms with Gasteiger partial charge >= 0.3 is 0 Å². The molecule has 152 valence electrons. The molecule has 2 aliphatic rings. The van der Waals surface area contributed by atoms with E-state index in [9.17, 15) is 9.90 Å². The molecule has 0 fully saturated rings. The Bertz CT molecular complexity index is 1060. The smallest absolute Gasteiger partial charge is 0.249 e. The highest BCUT2D eigenvalue weighted by molar-refractivity contribution is 6.00. The molecule has 5 heteroatoms. The van der Waals surface area contributed by atoms with E-state index in [1.165, 1.54) is 11.6 Å². The summed E-state index contributed by atoms with van der Waals surface area (Å²) >= 11 is 0. The van der Waals surface area contributed by atoms with Gasteiger partial charge in [0.1, 0.15) is 5.82 Å². The third-order valence-electron chi connectivity index (χ3n) is 6.65. The van der Waals surface area contributed by atoms with Gasteiger partial charge in [0.2, 0.25) is 5.91 Å². The maximum absolute atomic E-state index is 15.4. The number of amides is 1. The van der Waals surface area contributed by atoms with Crippen molar-refractivity contribution in [2.45, 2.75) is 52.1 Å². The maximum Gasteiger partial charge on any atom is 0.249 e. The minimum Gasteiger partial charge on any atom is -0.398 e. The Balaban J connectivity index is 1.96. The monoisotopic (exact) mass is 394 g/mol. The molecule has 0 aliphatic heterocycles. The molecule has 0 unspecified atom stereocenters. The Kier molecular flexibility index (Phi) is 4.54. The fraction of sp³-hybridized carbons (Fsp3) is 0.375. The third-order valence-corrected chi connectivity index (χ3v) is 6.65. The molecular weight excluding hydrogens is 367 g/mol. The summed E-state index contributed by atoms with van der Waals surface area (Å²) in [5, 5.41) is 10.5. The molecule has 1 amide bonds. The quantitative estimate of drug-likeness (QED) is 0.676. The molecule has 5 N–H and O–H groups in total. The van der Waals surface area contributed by atoms with Crippen molar-refractivity contribution in [1.82, 2.24) is 0 Å². The zero-order chi connectivity index (χ0) is 21.1. The second-order valence-electron chi connectivity index (χ2n) is 8.87. The summed E-state index contributed by atoms with van der Waals surface area (Å²) in [6.45, 7) is 5.55. The summed E-state index contributed by atoms with van der Waals surface area (Å²) in [6, 6.07) is 6.76. The topological polar surface area (TPSA) is 89.3 Å². The van der Waals surface area contributed by atoms with Gasteiger partial charge in [-0.3, -0.25) is 4.79 Å². The van der Waals surface area contributed by atoms with Crippen LogP contribution in [0.1, 0.15) is 60.2 Å². The van der Waals surface area contributed by atoms with Crippen molar-refractivity contribution >= 4 is 17.2 Å². The Hall–Kier alpha value is -2.66. The summed E-state index contributed by atoms with van der Waals surface area (Å²) in [4.78, 5) is 12.1. The van der Waals surface area contributed by atoms with Gasteiger partial charge in [0.15, 0.2) is 0 Å². The van der Waals surface area contributed by atoms with Crippen molar-refractivity contribution in [2.24, 2.45) is 11.7 Å². The van der Waals surface area contributed by atoms with E-state index in [0.717, 1.165) is 47.1 Å². The van der Waals surface area contributed by atoms with Gasteiger partial charge in [-0.25, -0.2) is 4.39 Å². The lowest BCUT2D eigenvalue weighted by molar-refractivity contribution is 0.0123. The number of carbonyl (C=O) groups is 1. The van der Waals surface area contributed by atoms with Crippen LogP contribution in [0.3, 0.4) is 0 Å². The number of benzene rings is 2. The normalized spacial score (nSPS) is 18.6. The van der Waals surface area contributed by atoms with Crippen LogP contribution in [0.4, 0.5) is 10.1 Å². The molecule has 0 saturated carbocycles. The van der Waals surface area contributed by atoms with Crippen molar-refractivity contribution in [2.75, 3.05) is 5.73 Å². The number of carbonyl (C=O) groups excluding carboxylic acids is 1. The van der Waals surface area contributed by atoms with Gasteiger partial charge in [-0.15, -0.1) is 0 Å². The standard InChI is InChI=1S/C24H27FN2O2/c1-12-15(5-4-6-20(12)26)22-19(25)11-18(23(27)28)17-10-13-9-14(24(2,3)29)7-8-16(13)21(17)22/h4-6,11,14,29H,7-10,26H2,1-3H3,(H2,27,28)/t14-/m0/s1. The third kappa shape index (κ3) is 3.14. The van der Waals surface area contributed by atoms with Crippen LogP contribution < -0.4 is 11.5 Å². The van der Waals surface area contributed by atoms with Crippen molar-refractivity contribution in [3.63, 3.8) is 0 Å². The van der Waals surface area contributed by atoms with E-state index >= 15 is 4.39 Å². The lowest BCUT2D eigenvalue weighted by Crippen LogP contribution is -2.32. The van der Waals surface area contributed by atoms with Crippen molar-refractivity contribution in [3.8, 4) is 11.1 Å². The van der Waals surface area contributed by atoms with Crippen LogP contribution in [-0.2, 0) is 6.42 Å². The first-order valence-corrected chi connectivity index (χ1v) is 10.0. The number of hydrogen-bond donors (Lipinski definition) is 3. The molecule has 0 saturated heterocycles. The average molecular weight is 394 g/mol. The number of fused-ring (bicyclic) bond motifs is 2. The molecule has 4 rings (SSSR count). The number of nitrogen functional groups attached to an aromatic ring is 1. The first kappa shape index (κ1) is 19.6. The SMILES string of the molecule is Cc1c(N)cccc1-c1c(F)cc(C(N)=O)c2c1C1=C(C2)C[C@@H](C(C)(C)O)CC1. The van der Waals surface area contributed by atoms with E-state index in [2.05, 4.69) is 0 Å². The minimum atomic E-state index is -0.779. The molecule has 0 aromatic heterocycles. The van der Waals surface area contributed by atoms with E-state index in [0.29, 0.717) is 17.7 Å². The Morgan fingerprint density at radius 1 is 1.28 bits per heavy atom. The molecule has 2 aromatic rings. The summed E-state index contributed by atoms with van der Waals surface area (Å²) in [5.74, 6) is -0.936. The molecular formula is C24H27FN2O2. The van der Waals surface area contributed by atoms with Gasteiger partial charge in [0, 0.05) is 16.8 Å². The Morgan fingerprint density at radius 2 is 2.00 bits per heavy atom. The molecule has 2 aliphatic carbocycles. The number of allylic oxidation sites excluding steroid dienone is 2. The largest absolute Gasteiger partial charge is 0.398 e. The molecule has 0 bridgehead atoms. The van der Waals surface area contributed by atoms with Crippen LogP contribution in [0, 0.1) is 18.7 Å². The lowest BCUT2D eigenvalue weighted by Gasteiger charge is -2.33. The predicted molar refractivity (Wildman–Crippen MR) is 114 cm³/mol. The van der Waals surface area contributed by atoms with Gasteiger partial charge in [0.25, 0.3) is 0 Å². The summed E-state index contributed by atoms with van der Waals surface area (Å²) in [7, 11) is 0. The van der Waals surface area contributed by atoms with Crippen molar-refractivity contribution in [1.29, 1.82) is 0 Å². The molecule has 0 radical (unpaired) electrons.